The summed E-state index contributed by atoms with van der Waals surface area (Å²) in [5.74, 6) is 0.723. The lowest BCUT2D eigenvalue weighted by Gasteiger charge is -2.31. The van der Waals surface area contributed by atoms with Crippen molar-refractivity contribution in [1.82, 2.24) is 15.2 Å². The number of oxazole rings is 1. The van der Waals surface area contributed by atoms with Gasteiger partial charge in [-0.25, -0.2) is 9.79 Å². The number of fused-ring (bicyclic) bond motifs is 2. The molecular formula is C24H28N6O2. The maximum absolute atomic E-state index is 11.5. The van der Waals surface area contributed by atoms with Gasteiger partial charge in [-0.1, -0.05) is 26.0 Å². The number of nitrogens with two attached hydrogens (primary N) is 1. The van der Waals surface area contributed by atoms with Crippen molar-refractivity contribution in [1.29, 1.82) is 0 Å². The van der Waals surface area contributed by atoms with Crippen LogP contribution in [0.4, 0.5) is 5.69 Å². The second kappa shape index (κ2) is 7.65. The molecule has 0 bridgehead atoms. The summed E-state index contributed by atoms with van der Waals surface area (Å²) in [5, 5.41) is 6.57. The Bertz CT molecular complexity index is 1300. The van der Waals surface area contributed by atoms with Crippen LogP contribution in [0, 0.1) is 5.92 Å². The number of aliphatic imine (C=N–C) groups is 1. The van der Waals surface area contributed by atoms with Crippen LogP contribution in [0.25, 0.3) is 11.1 Å². The summed E-state index contributed by atoms with van der Waals surface area (Å²) in [6, 6.07) is 11.8. The third-order valence-corrected chi connectivity index (χ3v) is 6.05. The molecule has 1 atom stereocenters. The number of hydrogen-bond donors (Lipinski definition) is 4. The number of aromatic amines is 1. The molecular weight excluding hydrogens is 404 g/mol. The molecule has 0 spiro atoms. The van der Waals surface area contributed by atoms with Crippen molar-refractivity contribution in [2.75, 3.05) is 11.9 Å². The zero-order valence-corrected chi connectivity index (χ0v) is 18.5. The Morgan fingerprint density at radius 2 is 2.03 bits per heavy atom. The van der Waals surface area contributed by atoms with E-state index in [-0.39, 0.29) is 0 Å². The molecule has 2 aliphatic heterocycles. The van der Waals surface area contributed by atoms with Gasteiger partial charge in [-0.3, -0.25) is 15.6 Å². The van der Waals surface area contributed by atoms with Crippen molar-refractivity contribution in [3.8, 4) is 0 Å². The molecule has 0 aliphatic carbocycles. The number of nitrogens with one attached hydrogen (secondary N) is 3. The molecule has 0 fully saturated rings. The van der Waals surface area contributed by atoms with E-state index < -0.39 is 11.4 Å². The minimum Gasteiger partial charge on any atom is -0.408 e. The molecule has 8 heteroatoms. The number of hydrogen-bond acceptors (Lipinski definition) is 7. The van der Waals surface area contributed by atoms with Crippen molar-refractivity contribution < 1.29 is 4.42 Å². The monoisotopic (exact) mass is 432 g/mol. The Morgan fingerprint density at radius 1 is 1.22 bits per heavy atom. The molecule has 0 saturated heterocycles. The highest BCUT2D eigenvalue weighted by atomic mass is 16.4. The van der Waals surface area contributed by atoms with E-state index in [0.717, 1.165) is 36.5 Å². The molecule has 0 amide bonds. The average molecular weight is 433 g/mol. The van der Waals surface area contributed by atoms with E-state index in [2.05, 4.69) is 52.6 Å². The molecule has 1 unspecified atom stereocenters. The summed E-state index contributed by atoms with van der Waals surface area (Å²) in [4.78, 5) is 21.5. The fraction of sp³-hybridized carbons (Fsp3) is 0.333. The smallest absolute Gasteiger partial charge is 0.408 e. The summed E-state index contributed by atoms with van der Waals surface area (Å²) in [6.07, 6.45) is 1.86. The first kappa shape index (κ1) is 20.5. The van der Waals surface area contributed by atoms with Crippen molar-refractivity contribution >= 4 is 22.7 Å². The van der Waals surface area contributed by atoms with Gasteiger partial charge in [0, 0.05) is 37.1 Å². The van der Waals surface area contributed by atoms with Gasteiger partial charge in [0.2, 0.25) is 5.96 Å². The summed E-state index contributed by atoms with van der Waals surface area (Å²) < 4.78 is 5.10. The van der Waals surface area contributed by atoms with E-state index in [4.69, 9.17) is 15.1 Å². The fourth-order valence-corrected chi connectivity index (χ4v) is 4.45. The van der Waals surface area contributed by atoms with Crippen molar-refractivity contribution in [3.05, 3.63) is 75.4 Å². The highest BCUT2D eigenvalue weighted by Gasteiger charge is 2.33. The highest BCUT2D eigenvalue weighted by Crippen LogP contribution is 2.32. The molecule has 3 aromatic rings. The lowest BCUT2D eigenvalue weighted by molar-refractivity contribution is 0.251. The van der Waals surface area contributed by atoms with Crippen LogP contribution >= 0.6 is 0 Å². The van der Waals surface area contributed by atoms with Gasteiger partial charge < -0.3 is 15.1 Å². The first-order chi connectivity index (χ1) is 15.3. The van der Waals surface area contributed by atoms with Gasteiger partial charge in [0.1, 0.15) is 0 Å². The molecule has 2 aliphatic rings. The molecule has 5 rings (SSSR count). The van der Waals surface area contributed by atoms with Crippen LogP contribution in [0.1, 0.15) is 37.5 Å². The summed E-state index contributed by atoms with van der Waals surface area (Å²) >= 11 is 0. The Hall–Kier alpha value is -3.36. The standard InChI is InChI=1S/C24H28N6O2/c1-14(2)11-30-12-16-4-6-19(8-17(16)13-30)27-22-26-10-15(3)24(25,29-22)18-5-7-21-20(9-18)28-23(31)32-21/h4-10,14H,11-13,25H2,1-3H3,(H,28,31)(H2,26,27,29). The topological polar surface area (TPSA) is 112 Å². The number of benzene rings is 2. The number of guanidine groups is 1. The summed E-state index contributed by atoms with van der Waals surface area (Å²) in [5.41, 5.74) is 12.1. The first-order valence-corrected chi connectivity index (χ1v) is 10.9. The van der Waals surface area contributed by atoms with Gasteiger partial charge in [-0.05, 0) is 53.8 Å². The van der Waals surface area contributed by atoms with Gasteiger partial charge in [0.05, 0.1) is 5.52 Å². The third-order valence-electron chi connectivity index (χ3n) is 6.05. The predicted molar refractivity (Wildman–Crippen MR) is 126 cm³/mol. The summed E-state index contributed by atoms with van der Waals surface area (Å²) in [7, 11) is 0. The molecule has 166 valence electrons. The van der Waals surface area contributed by atoms with Crippen LogP contribution in [-0.2, 0) is 18.8 Å². The van der Waals surface area contributed by atoms with E-state index in [1.807, 2.05) is 25.3 Å². The van der Waals surface area contributed by atoms with Crippen molar-refractivity contribution in [2.45, 2.75) is 39.5 Å². The van der Waals surface area contributed by atoms with Crippen LogP contribution in [0.5, 0.6) is 0 Å². The summed E-state index contributed by atoms with van der Waals surface area (Å²) in [6.45, 7) is 9.48. The Kier molecular flexibility index (Phi) is 4.91. The lowest BCUT2D eigenvalue weighted by atomic mass is 9.93. The van der Waals surface area contributed by atoms with Crippen LogP contribution in [0.15, 0.2) is 62.4 Å². The van der Waals surface area contributed by atoms with Gasteiger partial charge in [0.15, 0.2) is 11.2 Å². The number of H-pyrrole nitrogens is 1. The normalized spacial score (nSPS) is 20.8. The molecule has 5 N–H and O–H groups in total. The number of nitrogens with zero attached hydrogens (tertiary/aromatic N) is 2. The minimum atomic E-state index is -1.07. The highest BCUT2D eigenvalue weighted by molar-refractivity contribution is 5.95. The molecule has 0 saturated carbocycles. The number of rotatable bonds is 4. The van der Waals surface area contributed by atoms with Crippen molar-refractivity contribution in [2.24, 2.45) is 16.6 Å². The zero-order valence-electron chi connectivity index (χ0n) is 18.5. The van der Waals surface area contributed by atoms with Crippen LogP contribution < -0.4 is 22.1 Å². The predicted octanol–water partition coefficient (Wildman–Crippen LogP) is 3.18. The second-order valence-corrected chi connectivity index (χ2v) is 9.10. The minimum absolute atomic E-state index is 0.491. The number of aromatic nitrogens is 1. The van der Waals surface area contributed by atoms with Gasteiger partial charge in [-0.2, -0.15) is 0 Å². The molecule has 0 radical (unpaired) electrons. The average Bonchev–Trinajstić information content (AvgIpc) is 3.30. The van der Waals surface area contributed by atoms with E-state index in [0.29, 0.717) is 23.0 Å². The quantitative estimate of drug-likeness (QED) is 0.504. The molecule has 3 heterocycles. The van der Waals surface area contributed by atoms with Gasteiger partial charge >= 0.3 is 5.76 Å². The Labute approximate surface area is 186 Å². The van der Waals surface area contributed by atoms with E-state index in [1.54, 1.807) is 6.07 Å². The lowest BCUT2D eigenvalue weighted by Crippen LogP contribution is -2.44. The number of anilines is 1. The Balaban J connectivity index is 1.40. The van der Waals surface area contributed by atoms with Crippen LogP contribution in [0.3, 0.4) is 0 Å². The molecule has 32 heavy (non-hydrogen) atoms. The SMILES string of the molecule is CC1=CNC(Nc2ccc3c(c2)CN(CC(C)C)C3)=NC1(N)c1ccc2oc(=O)[nH]c2c1. The Morgan fingerprint density at radius 3 is 2.84 bits per heavy atom. The maximum Gasteiger partial charge on any atom is 0.417 e. The largest absolute Gasteiger partial charge is 0.417 e. The maximum atomic E-state index is 11.5. The van der Waals surface area contributed by atoms with Gasteiger partial charge in [0.25, 0.3) is 0 Å². The second-order valence-electron chi connectivity index (χ2n) is 9.10. The van der Waals surface area contributed by atoms with Crippen LogP contribution in [0.2, 0.25) is 0 Å². The molecule has 8 nitrogen and oxygen atoms in total. The van der Waals surface area contributed by atoms with E-state index >= 15 is 0 Å². The van der Waals surface area contributed by atoms with Crippen LogP contribution in [-0.4, -0.2) is 22.4 Å². The third kappa shape index (κ3) is 3.72. The van der Waals surface area contributed by atoms with Crippen molar-refractivity contribution in [3.63, 3.8) is 0 Å². The van der Waals surface area contributed by atoms with E-state index in [9.17, 15) is 4.79 Å². The van der Waals surface area contributed by atoms with E-state index in [1.165, 1.54) is 11.1 Å². The fourth-order valence-electron chi connectivity index (χ4n) is 4.45. The molecule has 1 aromatic heterocycles. The first-order valence-electron chi connectivity index (χ1n) is 10.9. The molecule has 2 aromatic carbocycles. The van der Waals surface area contributed by atoms with Gasteiger partial charge in [-0.15, -0.1) is 0 Å². The zero-order chi connectivity index (χ0) is 22.5.